The fraction of sp³-hybridized carbons (Fsp3) is 0.308. The van der Waals surface area contributed by atoms with E-state index in [0.29, 0.717) is 17.7 Å². The van der Waals surface area contributed by atoms with E-state index in [2.05, 4.69) is 6.58 Å². The summed E-state index contributed by atoms with van der Waals surface area (Å²) in [6.07, 6.45) is 1.59. The van der Waals surface area contributed by atoms with Gasteiger partial charge in [0.25, 0.3) is 5.91 Å². The zero-order chi connectivity index (χ0) is 12.8. The molecule has 0 heterocycles. The molecule has 0 bridgehead atoms. The van der Waals surface area contributed by atoms with E-state index in [4.69, 9.17) is 5.11 Å². The van der Waals surface area contributed by atoms with Gasteiger partial charge in [0.15, 0.2) is 0 Å². The van der Waals surface area contributed by atoms with Crippen molar-refractivity contribution < 1.29 is 14.3 Å². The maximum absolute atomic E-state index is 13.1. The number of hydrogen-bond donors (Lipinski definition) is 1. The van der Waals surface area contributed by atoms with Crippen LogP contribution in [0.15, 0.2) is 30.9 Å². The zero-order valence-corrected chi connectivity index (χ0v) is 9.82. The molecule has 0 radical (unpaired) electrons. The minimum atomic E-state index is -0.334. The molecule has 3 nitrogen and oxygen atoms in total. The molecule has 0 aromatic heterocycles. The van der Waals surface area contributed by atoms with Crippen molar-refractivity contribution in [2.75, 3.05) is 19.7 Å². The second-order valence-corrected chi connectivity index (χ2v) is 3.73. The lowest BCUT2D eigenvalue weighted by Gasteiger charge is -2.20. The van der Waals surface area contributed by atoms with Gasteiger partial charge >= 0.3 is 0 Å². The topological polar surface area (TPSA) is 40.5 Å². The third-order valence-corrected chi connectivity index (χ3v) is 2.41. The molecule has 0 saturated heterocycles. The number of rotatable bonds is 5. The highest BCUT2D eigenvalue weighted by Crippen LogP contribution is 2.11. The average Bonchev–Trinajstić information content (AvgIpc) is 2.31. The fourth-order valence-corrected chi connectivity index (χ4v) is 1.51. The van der Waals surface area contributed by atoms with Gasteiger partial charge in [-0.2, -0.15) is 0 Å². The summed E-state index contributed by atoms with van der Waals surface area (Å²) >= 11 is 0. The van der Waals surface area contributed by atoms with Crippen molar-refractivity contribution in [3.8, 4) is 0 Å². The third kappa shape index (κ3) is 3.39. The lowest BCUT2D eigenvalue weighted by molar-refractivity contribution is 0.0742. The quantitative estimate of drug-likeness (QED) is 0.793. The number of aliphatic hydroxyl groups is 1. The molecule has 0 fully saturated rings. The zero-order valence-electron chi connectivity index (χ0n) is 9.82. The molecular weight excluding hydrogens is 221 g/mol. The van der Waals surface area contributed by atoms with Crippen LogP contribution in [0.4, 0.5) is 4.39 Å². The molecule has 92 valence electrons. The van der Waals surface area contributed by atoms with Crippen LogP contribution in [0.1, 0.15) is 15.9 Å². The Labute approximate surface area is 100 Å². The van der Waals surface area contributed by atoms with E-state index in [1.165, 1.54) is 23.1 Å². The summed E-state index contributed by atoms with van der Waals surface area (Å²) in [5.74, 6) is -0.568. The Bertz CT molecular complexity index is 418. The van der Waals surface area contributed by atoms with Crippen molar-refractivity contribution in [2.24, 2.45) is 0 Å². The first-order valence-electron chi connectivity index (χ1n) is 5.37. The van der Waals surface area contributed by atoms with Crippen LogP contribution in [-0.4, -0.2) is 35.6 Å². The molecule has 1 aromatic carbocycles. The Hall–Kier alpha value is -1.68. The molecule has 0 aliphatic heterocycles. The molecular formula is C13H16FNO2. The van der Waals surface area contributed by atoms with Crippen molar-refractivity contribution in [1.82, 2.24) is 4.90 Å². The first kappa shape index (κ1) is 13.4. The number of amides is 1. The van der Waals surface area contributed by atoms with Crippen LogP contribution in [0.3, 0.4) is 0 Å². The summed E-state index contributed by atoms with van der Waals surface area (Å²) in [5, 5.41) is 8.87. The molecule has 1 N–H and O–H groups in total. The van der Waals surface area contributed by atoms with E-state index in [0.717, 1.165) is 0 Å². The predicted octanol–water partition coefficient (Wildman–Crippen LogP) is 1.75. The van der Waals surface area contributed by atoms with Crippen molar-refractivity contribution >= 4 is 5.91 Å². The molecule has 0 spiro atoms. The van der Waals surface area contributed by atoms with Crippen LogP contribution in [-0.2, 0) is 0 Å². The van der Waals surface area contributed by atoms with Gasteiger partial charge in [-0.15, -0.1) is 6.58 Å². The standard InChI is InChI=1S/C13H16FNO2/c1-3-6-15(7-8-16)13(17)11-4-5-12(14)10(2)9-11/h3-5,9,16H,1,6-8H2,2H3. The molecule has 0 atom stereocenters. The maximum Gasteiger partial charge on any atom is 0.254 e. The predicted molar refractivity (Wildman–Crippen MR) is 64.3 cm³/mol. The second kappa shape index (κ2) is 6.15. The maximum atomic E-state index is 13.1. The minimum absolute atomic E-state index is 0.111. The third-order valence-electron chi connectivity index (χ3n) is 2.41. The van der Waals surface area contributed by atoms with Crippen LogP contribution in [0.5, 0.6) is 0 Å². The number of carbonyl (C=O) groups excluding carboxylic acids is 1. The lowest BCUT2D eigenvalue weighted by Crippen LogP contribution is -2.33. The molecule has 0 aliphatic carbocycles. The van der Waals surface area contributed by atoms with Gasteiger partial charge in [-0.1, -0.05) is 6.08 Å². The Kier molecular flexibility index (Phi) is 4.84. The molecule has 1 aromatic rings. The highest BCUT2D eigenvalue weighted by molar-refractivity contribution is 5.94. The van der Waals surface area contributed by atoms with Gasteiger partial charge in [-0.05, 0) is 30.7 Å². The molecule has 0 saturated carbocycles. The smallest absolute Gasteiger partial charge is 0.254 e. The van der Waals surface area contributed by atoms with Crippen LogP contribution < -0.4 is 0 Å². The van der Waals surface area contributed by atoms with Gasteiger partial charge in [0.2, 0.25) is 0 Å². The van der Waals surface area contributed by atoms with Gasteiger partial charge in [-0.3, -0.25) is 4.79 Å². The van der Waals surface area contributed by atoms with Gasteiger partial charge in [-0.25, -0.2) is 4.39 Å². The van der Waals surface area contributed by atoms with Gasteiger partial charge in [0.05, 0.1) is 6.61 Å². The summed E-state index contributed by atoms with van der Waals surface area (Å²) in [4.78, 5) is 13.5. The number of benzene rings is 1. The summed E-state index contributed by atoms with van der Waals surface area (Å²) in [5.41, 5.74) is 0.845. The van der Waals surface area contributed by atoms with Gasteiger partial charge in [0.1, 0.15) is 5.82 Å². The van der Waals surface area contributed by atoms with E-state index < -0.39 is 0 Å². The molecule has 1 amide bonds. The highest BCUT2D eigenvalue weighted by Gasteiger charge is 2.14. The number of aliphatic hydroxyl groups excluding tert-OH is 1. The minimum Gasteiger partial charge on any atom is -0.395 e. The van der Waals surface area contributed by atoms with Crippen LogP contribution in [0.25, 0.3) is 0 Å². The van der Waals surface area contributed by atoms with E-state index in [1.807, 2.05) is 0 Å². The molecule has 0 aliphatic rings. The molecule has 1 rings (SSSR count). The Morgan fingerprint density at radius 2 is 2.29 bits per heavy atom. The first-order chi connectivity index (χ1) is 8.10. The van der Waals surface area contributed by atoms with E-state index in [9.17, 15) is 9.18 Å². The largest absolute Gasteiger partial charge is 0.395 e. The van der Waals surface area contributed by atoms with Crippen LogP contribution >= 0.6 is 0 Å². The SMILES string of the molecule is C=CCN(CCO)C(=O)c1ccc(F)c(C)c1. The molecule has 17 heavy (non-hydrogen) atoms. The Morgan fingerprint density at radius 3 is 2.82 bits per heavy atom. The van der Waals surface area contributed by atoms with Crippen molar-refractivity contribution in [3.63, 3.8) is 0 Å². The summed E-state index contributed by atoms with van der Waals surface area (Å²) in [7, 11) is 0. The van der Waals surface area contributed by atoms with Crippen molar-refractivity contribution in [3.05, 3.63) is 47.8 Å². The van der Waals surface area contributed by atoms with Crippen molar-refractivity contribution in [1.29, 1.82) is 0 Å². The monoisotopic (exact) mass is 237 g/mol. The first-order valence-corrected chi connectivity index (χ1v) is 5.37. The number of aryl methyl sites for hydroxylation is 1. The number of halogens is 1. The van der Waals surface area contributed by atoms with E-state index in [1.54, 1.807) is 13.0 Å². The number of hydrogen-bond acceptors (Lipinski definition) is 2. The summed E-state index contributed by atoms with van der Waals surface area (Å²) in [6, 6.07) is 4.22. The molecule has 4 heteroatoms. The van der Waals surface area contributed by atoms with E-state index >= 15 is 0 Å². The second-order valence-electron chi connectivity index (χ2n) is 3.73. The average molecular weight is 237 g/mol. The highest BCUT2D eigenvalue weighted by atomic mass is 19.1. The van der Waals surface area contributed by atoms with Crippen LogP contribution in [0.2, 0.25) is 0 Å². The molecule has 0 unspecified atom stereocenters. The Balaban J connectivity index is 2.92. The summed E-state index contributed by atoms with van der Waals surface area (Å²) < 4.78 is 13.1. The number of nitrogens with zero attached hydrogens (tertiary/aromatic N) is 1. The Morgan fingerprint density at radius 1 is 1.59 bits per heavy atom. The van der Waals surface area contributed by atoms with E-state index in [-0.39, 0.29) is 24.9 Å². The number of carbonyl (C=O) groups is 1. The van der Waals surface area contributed by atoms with Gasteiger partial charge in [0, 0.05) is 18.7 Å². The lowest BCUT2D eigenvalue weighted by atomic mass is 10.1. The normalized spacial score (nSPS) is 10.1. The fourth-order valence-electron chi connectivity index (χ4n) is 1.51. The summed E-state index contributed by atoms with van der Waals surface area (Å²) in [6.45, 7) is 5.65. The van der Waals surface area contributed by atoms with Crippen LogP contribution in [0, 0.1) is 12.7 Å². The van der Waals surface area contributed by atoms with Gasteiger partial charge < -0.3 is 10.0 Å². The van der Waals surface area contributed by atoms with Crippen molar-refractivity contribution in [2.45, 2.75) is 6.92 Å².